The molecule has 0 spiro atoms. The molecule has 0 aliphatic carbocycles. The molecule has 2 aromatic carbocycles. The van der Waals surface area contributed by atoms with Crippen LogP contribution in [-0.4, -0.2) is 50.2 Å². The molecule has 1 heterocycles. The van der Waals surface area contributed by atoms with E-state index in [-0.39, 0.29) is 11.5 Å². The Hall–Kier alpha value is -3.51. The lowest BCUT2D eigenvalue weighted by Crippen LogP contribution is -2.30. The van der Waals surface area contributed by atoms with Gasteiger partial charge in [0.15, 0.2) is 5.03 Å². The van der Waals surface area contributed by atoms with E-state index in [0.717, 1.165) is 24.9 Å². The minimum absolute atomic E-state index is 0.0530. The van der Waals surface area contributed by atoms with Gasteiger partial charge in [0.1, 0.15) is 5.82 Å². The van der Waals surface area contributed by atoms with Gasteiger partial charge in [0.05, 0.1) is 25.2 Å². The number of carbonyl (C=O) groups is 2. The average molecular weight is 548 g/mol. The third-order valence-electron chi connectivity index (χ3n) is 5.26. The fraction of sp³-hybridized carbons (Fsp3) is 0.320. The van der Waals surface area contributed by atoms with E-state index in [1.807, 2.05) is 34.6 Å². The summed E-state index contributed by atoms with van der Waals surface area (Å²) in [4.78, 5) is 28.2. The molecule has 0 bridgehead atoms. The molecule has 3 rings (SSSR count). The molecule has 1 aromatic heterocycles. The van der Waals surface area contributed by atoms with Crippen molar-refractivity contribution in [2.45, 2.75) is 43.2 Å². The molecule has 1 amide bonds. The quantitative estimate of drug-likeness (QED) is 0.280. The Morgan fingerprint density at radius 2 is 1.78 bits per heavy atom. The predicted octanol–water partition coefficient (Wildman–Crippen LogP) is 4.85. The summed E-state index contributed by atoms with van der Waals surface area (Å²) in [5.74, 6) is 1.10. The first-order chi connectivity index (χ1) is 17.7. The molecule has 0 aliphatic heterocycles. The average Bonchev–Trinajstić information content (AvgIpc) is 3.20. The van der Waals surface area contributed by atoms with Crippen LogP contribution in [0.2, 0.25) is 0 Å². The topological polar surface area (TPSA) is 126 Å². The molecule has 0 aliphatic rings. The maximum absolute atomic E-state index is 12.7. The molecule has 0 atom stereocenters. The lowest BCUT2D eigenvalue weighted by atomic mass is 10.0. The number of hydrogen-bond donors (Lipinski definition) is 1. The van der Waals surface area contributed by atoms with E-state index in [2.05, 4.69) is 9.72 Å². The van der Waals surface area contributed by atoms with Crippen molar-refractivity contribution in [1.29, 1.82) is 0 Å². The Bertz CT molecular complexity index is 1350. The summed E-state index contributed by atoms with van der Waals surface area (Å²) >= 11 is 1.38. The first-order valence-electron chi connectivity index (χ1n) is 11.5. The summed E-state index contributed by atoms with van der Waals surface area (Å²) in [5, 5.41) is 0.588. The molecule has 0 fully saturated rings. The van der Waals surface area contributed by atoms with Gasteiger partial charge in [-0.15, -0.1) is 11.8 Å². The van der Waals surface area contributed by atoms with Gasteiger partial charge >= 0.3 is 12.2 Å². The molecule has 12 heteroatoms. The predicted molar refractivity (Wildman–Crippen MR) is 139 cm³/mol. The highest BCUT2D eigenvalue weighted by Crippen LogP contribution is 2.32. The molecule has 198 valence electrons. The Kier molecular flexibility index (Phi) is 9.59. The van der Waals surface area contributed by atoms with Crippen LogP contribution >= 0.6 is 11.8 Å². The second kappa shape index (κ2) is 12.6. The zero-order valence-electron chi connectivity index (χ0n) is 21.0. The number of aryl methyl sites for hydroxylation is 1. The fourth-order valence-corrected chi connectivity index (χ4v) is 5.28. The van der Waals surface area contributed by atoms with Gasteiger partial charge in [-0.3, -0.25) is 4.57 Å². The van der Waals surface area contributed by atoms with Crippen molar-refractivity contribution in [3.8, 4) is 17.0 Å². The summed E-state index contributed by atoms with van der Waals surface area (Å²) < 4.78 is 44.1. The Morgan fingerprint density at radius 1 is 1.08 bits per heavy atom. The van der Waals surface area contributed by atoms with Crippen LogP contribution in [0.15, 0.2) is 58.5 Å². The van der Waals surface area contributed by atoms with Gasteiger partial charge < -0.3 is 14.2 Å². The van der Waals surface area contributed by atoms with Crippen molar-refractivity contribution in [1.82, 2.24) is 14.3 Å². The lowest BCUT2D eigenvalue weighted by Gasteiger charge is -2.14. The highest BCUT2D eigenvalue weighted by molar-refractivity contribution is 7.98. The van der Waals surface area contributed by atoms with Gasteiger partial charge in [-0.05, 0) is 36.8 Å². The Labute approximate surface area is 220 Å². The highest BCUT2D eigenvalue weighted by Gasteiger charge is 2.23. The number of thioether (sulfide) groups is 1. The van der Waals surface area contributed by atoms with E-state index in [0.29, 0.717) is 35.0 Å². The maximum atomic E-state index is 12.7. The number of imidazole rings is 1. The standard InChI is InChI=1S/C25H29N3O7S2/c1-5-9-21-26-22(36-4)23(35-25(30)34-6-2)28(21)16-17-12-14-18(15-13-17)19-10-7-8-11-20(19)37(31,32)27-24(29)33-3/h7-8,10-15H,5-6,9,16H2,1-4H3,(H,27,29). The highest BCUT2D eigenvalue weighted by atomic mass is 32.2. The van der Waals surface area contributed by atoms with Crippen LogP contribution in [-0.2, 0) is 32.5 Å². The number of sulfonamides is 1. The summed E-state index contributed by atoms with van der Waals surface area (Å²) in [7, 11) is -3.05. The molecule has 3 aromatic rings. The molecule has 0 saturated heterocycles. The van der Waals surface area contributed by atoms with Crippen molar-refractivity contribution < 1.29 is 32.2 Å². The third kappa shape index (κ3) is 6.83. The van der Waals surface area contributed by atoms with E-state index in [9.17, 15) is 18.0 Å². The molecular formula is C25H29N3O7S2. The van der Waals surface area contributed by atoms with Crippen LogP contribution in [0.1, 0.15) is 31.7 Å². The van der Waals surface area contributed by atoms with Crippen molar-refractivity contribution in [3.05, 3.63) is 59.9 Å². The van der Waals surface area contributed by atoms with Crippen LogP contribution in [0, 0.1) is 0 Å². The lowest BCUT2D eigenvalue weighted by molar-refractivity contribution is 0.0998. The largest absolute Gasteiger partial charge is 0.515 e. The molecule has 0 radical (unpaired) electrons. The van der Waals surface area contributed by atoms with Gasteiger partial charge in [0.2, 0.25) is 5.88 Å². The zero-order valence-corrected chi connectivity index (χ0v) is 22.6. The number of carbonyl (C=O) groups excluding carboxylic acids is 2. The number of benzene rings is 2. The van der Waals surface area contributed by atoms with Crippen molar-refractivity contribution >= 4 is 34.0 Å². The second-order valence-electron chi connectivity index (χ2n) is 7.75. The number of ether oxygens (including phenoxy) is 3. The van der Waals surface area contributed by atoms with E-state index < -0.39 is 22.3 Å². The van der Waals surface area contributed by atoms with E-state index >= 15 is 0 Å². The number of amides is 1. The monoisotopic (exact) mass is 547 g/mol. The second-order valence-corrected chi connectivity index (χ2v) is 10.2. The normalized spacial score (nSPS) is 11.1. The van der Waals surface area contributed by atoms with Crippen LogP contribution in [0.4, 0.5) is 9.59 Å². The maximum Gasteiger partial charge on any atom is 0.515 e. The number of methoxy groups -OCH3 is 1. The summed E-state index contributed by atoms with van der Waals surface area (Å²) in [6.45, 7) is 4.31. The van der Waals surface area contributed by atoms with E-state index in [4.69, 9.17) is 9.47 Å². The molecule has 37 heavy (non-hydrogen) atoms. The van der Waals surface area contributed by atoms with Gasteiger partial charge in [-0.1, -0.05) is 49.4 Å². The van der Waals surface area contributed by atoms with E-state index in [1.165, 1.54) is 17.8 Å². The first kappa shape index (κ1) is 28.1. The van der Waals surface area contributed by atoms with Crippen LogP contribution < -0.4 is 9.46 Å². The van der Waals surface area contributed by atoms with Crippen molar-refractivity contribution in [3.63, 3.8) is 0 Å². The number of nitrogens with zero attached hydrogens (tertiary/aromatic N) is 2. The molecule has 0 unspecified atom stereocenters. The zero-order chi connectivity index (χ0) is 27.0. The Morgan fingerprint density at radius 3 is 2.41 bits per heavy atom. The number of nitrogens with one attached hydrogen (secondary N) is 1. The van der Waals surface area contributed by atoms with Crippen LogP contribution in [0.25, 0.3) is 11.1 Å². The number of aromatic nitrogens is 2. The molecule has 1 N–H and O–H groups in total. The van der Waals surface area contributed by atoms with Crippen LogP contribution in [0.5, 0.6) is 5.88 Å². The first-order valence-corrected chi connectivity index (χ1v) is 14.2. The smallest absolute Gasteiger partial charge is 0.452 e. The molecule has 10 nitrogen and oxygen atoms in total. The SMILES string of the molecule is CCCc1nc(SC)c(OC(=O)OCC)n1Cc1ccc(-c2ccccc2S(=O)(=O)NC(=O)OC)cc1. The van der Waals surface area contributed by atoms with Crippen molar-refractivity contribution in [2.24, 2.45) is 0 Å². The van der Waals surface area contributed by atoms with Gasteiger partial charge in [0.25, 0.3) is 10.0 Å². The summed E-state index contributed by atoms with van der Waals surface area (Å²) in [6, 6.07) is 13.7. The summed E-state index contributed by atoms with van der Waals surface area (Å²) in [6.07, 6.45) is 1.54. The van der Waals surface area contributed by atoms with Gasteiger partial charge in [-0.2, -0.15) is 0 Å². The number of rotatable bonds is 10. The van der Waals surface area contributed by atoms with Crippen molar-refractivity contribution in [2.75, 3.05) is 20.0 Å². The molecular weight excluding hydrogens is 518 g/mol. The minimum Gasteiger partial charge on any atom is -0.452 e. The van der Waals surface area contributed by atoms with Crippen LogP contribution in [0.3, 0.4) is 0 Å². The molecule has 0 saturated carbocycles. The number of hydrogen-bond acceptors (Lipinski definition) is 9. The minimum atomic E-state index is -4.14. The van der Waals surface area contributed by atoms with Gasteiger partial charge in [-0.25, -0.2) is 27.7 Å². The Balaban J connectivity index is 1.95. The third-order valence-corrected chi connectivity index (χ3v) is 7.29. The summed E-state index contributed by atoms with van der Waals surface area (Å²) in [5.41, 5.74) is 1.95. The van der Waals surface area contributed by atoms with E-state index in [1.54, 1.807) is 37.3 Å². The fourth-order valence-electron chi connectivity index (χ4n) is 3.61. The van der Waals surface area contributed by atoms with Gasteiger partial charge in [0, 0.05) is 12.0 Å².